The fourth-order valence-corrected chi connectivity index (χ4v) is 20.3. The summed E-state index contributed by atoms with van der Waals surface area (Å²) >= 11 is 27.8. The Morgan fingerprint density at radius 3 is 1.08 bits per heavy atom. The van der Waals surface area contributed by atoms with Crippen molar-refractivity contribution in [1.82, 2.24) is 57.5 Å². The predicted molar refractivity (Wildman–Crippen MR) is 546 cm³/mol. The summed E-state index contributed by atoms with van der Waals surface area (Å²) in [6, 6.07) is 46.6. The molecule has 16 aromatic rings. The topological polar surface area (TPSA) is 381 Å². The summed E-state index contributed by atoms with van der Waals surface area (Å²) in [5.41, 5.74) is 9.40. The Labute approximate surface area is 841 Å². The predicted octanol–water partition coefficient (Wildman–Crippen LogP) is 20.0. The minimum atomic E-state index is -4.08. The molecule has 16 rings (SSSR count). The summed E-state index contributed by atoms with van der Waals surface area (Å²) < 4.78 is 136. The van der Waals surface area contributed by atoms with Gasteiger partial charge in [0.05, 0.1) is 73.8 Å². The Morgan fingerprint density at radius 1 is 0.410 bits per heavy atom. The van der Waals surface area contributed by atoms with Gasteiger partial charge >= 0.3 is 0 Å². The first-order valence-corrected chi connectivity index (χ1v) is 50.5. The highest BCUT2D eigenvalue weighted by Gasteiger charge is 2.35. The van der Waals surface area contributed by atoms with E-state index in [9.17, 15) is 53.5 Å². The second kappa shape index (κ2) is 44.8. The normalized spacial score (nSPS) is 12.4. The lowest BCUT2D eigenvalue weighted by molar-refractivity contribution is 0.103. The van der Waals surface area contributed by atoms with Crippen molar-refractivity contribution in [3.8, 4) is 0 Å². The van der Waals surface area contributed by atoms with Crippen molar-refractivity contribution >= 4 is 172 Å². The van der Waals surface area contributed by atoms with Crippen LogP contribution in [0.25, 0.3) is 22.6 Å². The molecule has 4 aromatic carbocycles. The summed E-state index contributed by atoms with van der Waals surface area (Å²) in [7, 11) is -11.7. The molecule has 0 fully saturated rings. The van der Waals surface area contributed by atoms with Crippen LogP contribution < -0.4 is 17.6 Å². The number of halogens is 6. The molecule has 0 amide bonds. The molecule has 41 heteroatoms. The van der Waals surface area contributed by atoms with Gasteiger partial charge in [-0.2, -0.15) is 0 Å². The highest BCUT2D eigenvalue weighted by molar-refractivity contribution is 9.10. The number of nitrogens with one attached hydrogen (secondary N) is 1. The summed E-state index contributed by atoms with van der Waals surface area (Å²) in [6.45, 7) is 23.9. The number of imidazole rings is 4. The van der Waals surface area contributed by atoms with Crippen molar-refractivity contribution in [1.29, 1.82) is 0 Å². The van der Waals surface area contributed by atoms with Crippen LogP contribution in [0.3, 0.4) is 0 Å². The number of anilines is 4. The van der Waals surface area contributed by atoms with Crippen LogP contribution >= 0.6 is 74.7 Å². The molecular weight excluding hydrogens is 2030 g/mol. The monoisotopic (exact) mass is 2120 g/mol. The zero-order valence-electron chi connectivity index (χ0n) is 78.1. The molecule has 730 valence electrons. The molecule has 12 heterocycles. The van der Waals surface area contributed by atoms with Gasteiger partial charge in [0, 0.05) is 143 Å². The van der Waals surface area contributed by atoms with Gasteiger partial charge in [-0.1, -0.05) is 190 Å². The number of aldehydes is 1. The molecule has 0 bridgehead atoms. The number of aliphatic hydroxyl groups is 2. The number of ether oxygens (including phenoxy) is 3. The number of pyridine rings is 8. The van der Waals surface area contributed by atoms with E-state index in [2.05, 4.69) is 123 Å². The van der Waals surface area contributed by atoms with E-state index in [1.165, 1.54) is 82.5 Å². The molecule has 0 saturated heterocycles. The molecule has 0 aliphatic carbocycles. The van der Waals surface area contributed by atoms with Crippen LogP contribution in [-0.4, -0.2) is 155 Å². The number of fused-ring (bicyclic) bond motifs is 4. The zero-order chi connectivity index (χ0) is 100. The van der Waals surface area contributed by atoms with Gasteiger partial charge in [-0.05, 0) is 169 Å². The van der Waals surface area contributed by atoms with Crippen LogP contribution in [0.2, 0.25) is 20.1 Å². The molecule has 3 N–H and O–H groups in total. The number of hydrogen-bond acceptors (Lipinski definition) is 23. The Hall–Kier alpha value is -11.7. The number of nitrogens with zero attached hydrogens (tertiary/aromatic N) is 15. The third-order valence-electron chi connectivity index (χ3n) is 21.5. The molecule has 0 aliphatic heterocycles. The van der Waals surface area contributed by atoms with E-state index < -0.39 is 58.1 Å². The molecule has 2 atom stereocenters. The number of sulfonamides is 4. The lowest BCUT2D eigenvalue weighted by Crippen LogP contribution is -2.34. The average molecular weight is 2130 g/mol. The van der Waals surface area contributed by atoms with Crippen molar-refractivity contribution in [3.05, 3.63) is 355 Å². The number of rotatable bonds is 25. The molecule has 2 unspecified atom stereocenters. The van der Waals surface area contributed by atoms with Gasteiger partial charge in [0.25, 0.3) is 40.1 Å². The van der Waals surface area contributed by atoms with Crippen LogP contribution in [0, 0.1) is 0 Å². The lowest BCUT2D eigenvalue weighted by atomic mass is 9.87. The second-order valence-electron chi connectivity index (χ2n) is 35.5. The summed E-state index contributed by atoms with van der Waals surface area (Å²) in [5, 5.41) is 23.5. The number of methoxy groups -OCH3 is 3. The maximum Gasteiger partial charge on any atom is 0.266 e. The highest BCUT2D eigenvalue weighted by Crippen LogP contribution is 2.40. The second-order valence-corrected chi connectivity index (χ2v) is 45.2. The fourth-order valence-electron chi connectivity index (χ4n) is 14.0. The maximum absolute atomic E-state index is 13.7. The van der Waals surface area contributed by atoms with Crippen molar-refractivity contribution < 1.29 is 67.7 Å². The van der Waals surface area contributed by atoms with E-state index in [0.29, 0.717) is 54.5 Å². The van der Waals surface area contributed by atoms with Gasteiger partial charge in [-0.15, -0.1) is 12.4 Å². The largest absolute Gasteiger partial charge is 0.382 e. The van der Waals surface area contributed by atoms with E-state index in [-0.39, 0.29) is 123 Å². The zero-order valence-corrected chi connectivity index (χ0v) is 86.8. The first-order chi connectivity index (χ1) is 65.0. The molecule has 0 spiro atoms. The van der Waals surface area contributed by atoms with Gasteiger partial charge < -0.3 is 42.0 Å². The standard InChI is InChI=1S/2C25H27ClN4O4S.C23H21ClN4O3S.C17H20BrClN2O3S.C8H6N2O.ClH/c2*1-25(2,3)18-6-8-20(9-7-18)35(32,33)30(16-34-4)21-13-19(26)14-28-23(21)24(31)17-5-10-22-27-11-12-29(22)15-17;1-23(2,3)16-5-7-18(8-6-16)32(30,31)27-19-12-17(24)13-26-21(19)22(29)15-4-9-20-25-10-11-28(20)14-15;1-17(2,3)12-5-7-14(8-6-12)25(22,23)21(11-24-4)15-9-13(19)10-20-16(15)18;11-6-7-1-2-8-9-3-4-10(8)5-7;/h2*5-15,24,31H,16H2,1-4H3;4-14,27H,1-3H3;5-10H,11H2,1-4H3;1-6H;1H. The molecular formula is C98H102BrCl5N16O15S4. The Morgan fingerprint density at radius 2 is 0.719 bits per heavy atom. The molecule has 0 saturated carbocycles. The number of aliphatic hydroxyl groups excluding tert-OH is 2. The first kappa shape index (κ1) is 108. The minimum absolute atomic E-state index is 0. The number of hydrogen-bond donors (Lipinski definition) is 3. The summed E-state index contributed by atoms with van der Waals surface area (Å²) in [4.78, 5) is 57.3. The van der Waals surface area contributed by atoms with Crippen LogP contribution in [0.1, 0.15) is 166 Å². The van der Waals surface area contributed by atoms with Crippen LogP contribution in [0.5, 0.6) is 0 Å². The Kier molecular flexibility index (Phi) is 34.8. The van der Waals surface area contributed by atoms with Gasteiger partial charge in [0.2, 0.25) is 5.78 Å². The third-order valence-corrected chi connectivity index (χ3v) is 29.6. The molecule has 12 aromatic heterocycles. The van der Waals surface area contributed by atoms with Crippen molar-refractivity contribution in [2.75, 3.05) is 59.2 Å². The number of carbonyl (C=O) groups excluding carboxylic acids is 2. The molecule has 0 aliphatic rings. The first-order valence-electron chi connectivity index (χ1n) is 42.4. The van der Waals surface area contributed by atoms with Crippen molar-refractivity contribution in [3.63, 3.8) is 0 Å². The van der Waals surface area contributed by atoms with E-state index in [1.54, 1.807) is 197 Å². The van der Waals surface area contributed by atoms with Gasteiger partial charge in [-0.3, -0.25) is 24.3 Å². The van der Waals surface area contributed by atoms with Crippen LogP contribution in [0.4, 0.5) is 22.7 Å². The van der Waals surface area contributed by atoms with Crippen LogP contribution in [0.15, 0.2) is 293 Å². The quantitative estimate of drug-likeness (QED) is 0.0207. The van der Waals surface area contributed by atoms with E-state index in [4.69, 9.17) is 60.6 Å². The van der Waals surface area contributed by atoms with Crippen LogP contribution in [-0.2, 0) is 76.0 Å². The van der Waals surface area contributed by atoms with E-state index in [0.717, 1.165) is 47.1 Å². The minimum Gasteiger partial charge on any atom is -0.382 e. The molecule has 31 nitrogen and oxygen atoms in total. The Balaban J connectivity index is 0.000000171. The Bertz CT molecular complexity index is 7330. The van der Waals surface area contributed by atoms with Gasteiger partial charge in [0.15, 0.2) is 6.29 Å². The average Bonchev–Trinajstić information content (AvgIpc) is 1.62. The smallest absolute Gasteiger partial charge is 0.266 e. The molecule has 139 heavy (non-hydrogen) atoms. The van der Waals surface area contributed by atoms with E-state index in [1.807, 2.05) is 49.6 Å². The number of benzene rings is 4. The fraction of sp³-hybridized carbons (Fsp3) is 0.245. The SMILES string of the molecule is CC(C)(C)c1ccc(S(=O)(=O)Nc2cc(Cl)cnc2C(=O)c2ccc3nccn3c2)cc1.COCN(c1cc(Cl)cnc1Br)S(=O)(=O)c1ccc(C(C)(C)C)cc1.COCN(c1cc(Cl)cnc1C(O)c1ccc2nccn2c1)S(=O)(=O)c1ccc(C(C)(C)C)cc1.COCN(c1cc(Cl)cnc1C(O)c1ccc2nccn2c1)S(=O)(=O)c1ccc(C(C)(C)C)cc1.Cl.O=Cc1ccc2nccn2c1. The van der Waals surface area contributed by atoms with Crippen molar-refractivity contribution in [2.45, 2.75) is 137 Å². The summed E-state index contributed by atoms with van der Waals surface area (Å²) in [6.07, 6.45) is 24.3. The summed E-state index contributed by atoms with van der Waals surface area (Å²) in [5.74, 6) is -0.446. The van der Waals surface area contributed by atoms with Gasteiger partial charge in [0.1, 0.15) is 65.3 Å². The van der Waals surface area contributed by atoms with Crippen molar-refractivity contribution in [2.24, 2.45) is 0 Å². The maximum atomic E-state index is 13.7. The lowest BCUT2D eigenvalue weighted by Gasteiger charge is -2.27. The number of ketones is 1. The third kappa shape index (κ3) is 25.9. The highest BCUT2D eigenvalue weighted by atomic mass is 79.9. The number of aromatic nitrogens is 12. The molecule has 0 radical (unpaired) electrons. The van der Waals surface area contributed by atoms with E-state index >= 15 is 0 Å². The van der Waals surface area contributed by atoms with Gasteiger partial charge in [-0.25, -0.2) is 76.5 Å². The number of carbonyl (C=O) groups is 2.